The third-order valence-corrected chi connectivity index (χ3v) is 5.53. The maximum absolute atomic E-state index is 12.6. The topological polar surface area (TPSA) is 104 Å². The SMILES string of the molecule is CCN(c1ccc(C(=O)O)cc1N)S(=O)(=O)N1CCCC1. The lowest BCUT2D eigenvalue weighted by Crippen LogP contribution is -2.42. The molecule has 0 saturated carbocycles. The van der Waals surface area contributed by atoms with Gasteiger partial charge < -0.3 is 10.8 Å². The number of carboxylic acid groups (broad SMARTS) is 1. The first-order valence-corrected chi connectivity index (χ1v) is 8.18. The van der Waals surface area contributed by atoms with E-state index >= 15 is 0 Å². The number of carboxylic acids is 1. The van der Waals surface area contributed by atoms with Gasteiger partial charge in [0.05, 0.1) is 16.9 Å². The van der Waals surface area contributed by atoms with Crippen LogP contribution in [0.4, 0.5) is 11.4 Å². The van der Waals surface area contributed by atoms with Gasteiger partial charge in [-0.25, -0.2) is 4.79 Å². The van der Waals surface area contributed by atoms with E-state index in [1.165, 1.54) is 26.8 Å². The van der Waals surface area contributed by atoms with Crippen LogP contribution in [0.2, 0.25) is 0 Å². The number of anilines is 2. The number of hydrogen-bond donors (Lipinski definition) is 2. The van der Waals surface area contributed by atoms with Crippen molar-refractivity contribution in [1.82, 2.24) is 4.31 Å². The molecule has 21 heavy (non-hydrogen) atoms. The normalized spacial score (nSPS) is 16.0. The fourth-order valence-electron chi connectivity index (χ4n) is 2.43. The summed E-state index contributed by atoms with van der Waals surface area (Å²) in [6.07, 6.45) is 1.70. The minimum Gasteiger partial charge on any atom is -0.478 e. The molecular weight excluding hydrogens is 294 g/mol. The summed E-state index contributed by atoms with van der Waals surface area (Å²) in [5.41, 5.74) is 6.33. The van der Waals surface area contributed by atoms with Crippen molar-refractivity contribution < 1.29 is 18.3 Å². The lowest BCUT2D eigenvalue weighted by molar-refractivity contribution is 0.0697. The van der Waals surface area contributed by atoms with Crippen molar-refractivity contribution in [2.24, 2.45) is 0 Å². The number of aromatic carboxylic acids is 1. The van der Waals surface area contributed by atoms with Gasteiger partial charge in [0.15, 0.2) is 0 Å². The smallest absolute Gasteiger partial charge is 0.335 e. The summed E-state index contributed by atoms with van der Waals surface area (Å²) in [5.74, 6) is -1.10. The van der Waals surface area contributed by atoms with Crippen LogP contribution in [0.15, 0.2) is 18.2 Å². The summed E-state index contributed by atoms with van der Waals surface area (Å²) in [7, 11) is -3.62. The van der Waals surface area contributed by atoms with Crippen LogP contribution in [0, 0.1) is 0 Å². The Morgan fingerprint density at radius 1 is 1.38 bits per heavy atom. The molecule has 0 bridgehead atoms. The van der Waals surface area contributed by atoms with E-state index < -0.39 is 16.2 Å². The molecule has 2 rings (SSSR count). The number of rotatable bonds is 5. The fourth-order valence-corrected chi connectivity index (χ4v) is 4.17. The highest BCUT2D eigenvalue weighted by molar-refractivity contribution is 7.90. The van der Waals surface area contributed by atoms with Crippen LogP contribution in [0.25, 0.3) is 0 Å². The molecule has 116 valence electrons. The van der Waals surface area contributed by atoms with Crippen molar-refractivity contribution in [2.75, 3.05) is 29.7 Å². The van der Waals surface area contributed by atoms with Gasteiger partial charge in [0.25, 0.3) is 0 Å². The third-order valence-electron chi connectivity index (χ3n) is 3.50. The fraction of sp³-hybridized carbons (Fsp3) is 0.462. The molecule has 1 aliphatic rings. The maximum Gasteiger partial charge on any atom is 0.335 e. The van der Waals surface area contributed by atoms with Crippen molar-refractivity contribution in [3.8, 4) is 0 Å². The number of benzene rings is 1. The highest BCUT2D eigenvalue weighted by atomic mass is 32.2. The van der Waals surface area contributed by atoms with Gasteiger partial charge in [-0.1, -0.05) is 0 Å². The lowest BCUT2D eigenvalue weighted by Gasteiger charge is -2.28. The first-order chi connectivity index (χ1) is 9.87. The van der Waals surface area contributed by atoms with Gasteiger partial charge in [0, 0.05) is 19.6 Å². The Morgan fingerprint density at radius 3 is 2.48 bits per heavy atom. The Hall–Kier alpha value is -1.80. The molecule has 1 saturated heterocycles. The molecule has 0 spiro atoms. The third kappa shape index (κ3) is 2.96. The van der Waals surface area contributed by atoms with Crippen molar-refractivity contribution in [3.63, 3.8) is 0 Å². The van der Waals surface area contributed by atoms with E-state index in [1.807, 2.05) is 0 Å². The standard InChI is InChI=1S/C13H19N3O4S/c1-2-16(21(19,20)15-7-3-4-8-15)12-6-5-10(13(17)18)9-11(12)14/h5-6,9H,2-4,7-8,14H2,1H3,(H,17,18). The van der Waals surface area contributed by atoms with Crippen molar-refractivity contribution in [1.29, 1.82) is 0 Å². The molecular formula is C13H19N3O4S. The number of nitrogens with two attached hydrogens (primary N) is 1. The van der Waals surface area contributed by atoms with Gasteiger partial charge in [-0.15, -0.1) is 0 Å². The van der Waals surface area contributed by atoms with E-state index in [4.69, 9.17) is 10.8 Å². The van der Waals surface area contributed by atoms with Crippen LogP contribution >= 0.6 is 0 Å². The van der Waals surface area contributed by atoms with Crippen LogP contribution < -0.4 is 10.0 Å². The van der Waals surface area contributed by atoms with E-state index in [0.717, 1.165) is 12.8 Å². The Bertz CT molecular complexity index is 639. The van der Waals surface area contributed by atoms with Crippen molar-refractivity contribution in [3.05, 3.63) is 23.8 Å². The Balaban J connectivity index is 2.39. The van der Waals surface area contributed by atoms with Crippen LogP contribution in [0.1, 0.15) is 30.1 Å². The molecule has 1 fully saturated rings. The van der Waals surface area contributed by atoms with Crippen molar-refractivity contribution in [2.45, 2.75) is 19.8 Å². The molecule has 1 aromatic rings. The van der Waals surface area contributed by atoms with Crippen LogP contribution in [-0.4, -0.2) is 43.4 Å². The Morgan fingerprint density at radius 2 is 2.00 bits per heavy atom. The largest absolute Gasteiger partial charge is 0.478 e. The second kappa shape index (κ2) is 5.90. The minimum absolute atomic E-state index is 0.0332. The van der Waals surface area contributed by atoms with Gasteiger partial charge in [-0.05, 0) is 38.0 Å². The van der Waals surface area contributed by atoms with Crippen LogP contribution in [-0.2, 0) is 10.2 Å². The summed E-state index contributed by atoms with van der Waals surface area (Å²) in [6, 6.07) is 4.08. The number of carbonyl (C=O) groups is 1. The average molecular weight is 313 g/mol. The molecule has 0 radical (unpaired) electrons. The first-order valence-electron chi connectivity index (χ1n) is 6.78. The van der Waals surface area contributed by atoms with Gasteiger partial charge >= 0.3 is 16.2 Å². The average Bonchev–Trinajstić information content (AvgIpc) is 2.95. The summed E-state index contributed by atoms with van der Waals surface area (Å²) >= 11 is 0. The first kappa shape index (κ1) is 15.6. The zero-order chi connectivity index (χ0) is 15.6. The monoisotopic (exact) mass is 313 g/mol. The van der Waals surface area contributed by atoms with Crippen molar-refractivity contribution >= 4 is 27.6 Å². The molecule has 0 unspecified atom stereocenters. The molecule has 1 aromatic carbocycles. The summed E-state index contributed by atoms with van der Waals surface area (Å²) in [6.45, 7) is 2.96. The number of nitrogen functional groups attached to an aromatic ring is 1. The highest BCUT2D eigenvalue weighted by Crippen LogP contribution is 2.29. The van der Waals surface area contributed by atoms with E-state index in [0.29, 0.717) is 18.8 Å². The predicted octanol–water partition coefficient (Wildman–Crippen LogP) is 1.13. The zero-order valence-corrected chi connectivity index (χ0v) is 12.6. The number of hydrogen-bond acceptors (Lipinski definition) is 4. The van der Waals surface area contributed by atoms with E-state index in [-0.39, 0.29) is 17.8 Å². The zero-order valence-electron chi connectivity index (χ0n) is 11.8. The van der Waals surface area contributed by atoms with Gasteiger partial charge in [-0.3, -0.25) is 4.31 Å². The molecule has 0 amide bonds. The van der Waals surface area contributed by atoms with E-state index in [1.54, 1.807) is 6.92 Å². The van der Waals surface area contributed by atoms with Crippen LogP contribution in [0.5, 0.6) is 0 Å². The quantitative estimate of drug-likeness (QED) is 0.793. The Labute approximate surface area is 124 Å². The molecule has 3 N–H and O–H groups in total. The highest BCUT2D eigenvalue weighted by Gasteiger charge is 2.32. The van der Waals surface area contributed by atoms with Gasteiger partial charge in [-0.2, -0.15) is 12.7 Å². The second-order valence-electron chi connectivity index (χ2n) is 4.86. The molecule has 7 nitrogen and oxygen atoms in total. The maximum atomic E-state index is 12.6. The molecule has 1 heterocycles. The minimum atomic E-state index is -3.62. The summed E-state index contributed by atoms with van der Waals surface area (Å²) < 4.78 is 27.9. The second-order valence-corrected chi connectivity index (χ2v) is 6.71. The Kier molecular flexibility index (Phi) is 4.38. The van der Waals surface area contributed by atoms with Gasteiger partial charge in [0.2, 0.25) is 0 Å². The van der Waals surface area contributed by atoms with Crippen LogP contribution in [0.3, 0.4) is 0 Å². The lowest BCUT2D eigenvalue weighted by atomic mass is 10.2. The predicted molar refractivity (Wildman–Crippen MR) is 80.6 cm³/mol. The van der Waals surface area contributed by atoms with E-state index in [9.17, 15) is 13.2 Å². The molecule has 1 aliphatic heterocycles. The van der Waals surface area contributed by atoms with Gasteiger partial charge in [0.1, 0.15) is 0 Å². The molecule has 0 aliphatic carbocycles. The number of nitrogens with zero attached hydrogens (tertiary/aromatic N) is 2. The summed E-state index contributed by atoms with van der Waals surface area (Å²) in [4.78, 5) is 10.9. The van der Waals surface area contributed by atoms with E-state index in [2.05, 4.69) is 0 Å². The molecule has 0 aromatic heterocycles. The molecule has 8 heteroatoms. The summed E-state index contributed by atoms with van der Waals surface area (Å²) in [5, 5.41) is 8.93. The molecule has 0 atom stereocenters.